The van der Waals surface area contributed by atoms with Gasteiger partial charge in [-0.1, -0.05) is 186 Å². The average molecular weight is 731 g/mol. The largest absolute Gasteiger partial charge is 0.462 e. The van der Waals surface area contributed by atoms with E-state index in [0.29, 0.717) is 19.4 Å². The van der Waals surface area contributed by atoms with Crippen molar-refractivity contribution in [3.05, 3.63) is 36.5 Å². The number of unbranched alkanes of at least 4 members (excludes halogenated alkanes) is 24. The van der Waals surface area contributed by atoms with Gasteiger partial charge in [0, 0.05) is 19.4 Å². The van der Waals surface area contributed by atoms with Gasteiger partial charge < -0.3 is 14.2 Å². The van der Waals surface area contributed by atoms with Crippen molar-refractivity contribution >= 4 is 11.9 Å². The van der Waals surface area contributed by atoms with Crippen molar-refractivity contribution in [3.63, 3.8) is 0 Å². The summed E-state index contributed by atoms with van der Waals surface area (Å²) >= 11 is 0. The van der Waals surface area contributed by atoms with E-state index in [1.807, 2.05) is 0 Å². The second kappa shape index (κ2) is 43.5. The third-order valence-electron chi connectivity index (χ3n) is 9.63. The molecule has 304 valence electrons. The molecular formula is C47H86O5. The first kappa shape index (κ1) is 50.1. The van der Waals surface area contributed by atoms with Gasteiger partial charge in [-0.15, -0.1) is 0 Å². The molecule has 0 aliphatic rings. The third kappa shape index (κ3) is 40.9. The predicted octanol–water partition coefficient (Wildman–Crippen LogP) is 14.7. The monoisotopic (exact) mass is 731 g/mol. The van der Waals surface area contributed by atoms with Crippen LogP contribution < -0.4 is 0 Å². The molecule has 1 unspecified atom stereocenters. The molecule has 0 aliphatic heterocycles. The minimum Gasteiger partial charge on any atom is -0.462 e. The van der Waals surface area contributed by atoms with E-state index in [9.17, 15) is 9.59 Å². The molecule has 0 aromatic heterocycles. The van der Waals surface area contributed by atoms with Gasteiger partial charge in [0.05, 0.1) is 6.61 Å². The van der Waals surface area contributed by atoms with Gasteiger partial charge in [0.15, 0.2) is 6.10 Å². The van der Waals surface area contributed by atoms with Crippen LogP contribution in [-0.4, -0.2) is 37.9 Å². The van der Waals surface area contributed by atoms with Crippen molar-refractivity contribution in [1.82, 2.24) is 0 Å². The maximum Gasteiger partial charge on any atom is 0.306 e. The molecule has 0 aromatic carbocycles. The Labute approximate surface area is 323 Å². The van der Waals surface area contributed by atoms with Gasteiger partial charge in [-0.25, -0.2) is 0 Å². The van der Waals surface area contributed by atoms with E-state index < -0.39 is 6.10 Å². The van der Waals surface area contributed by atoms with Gasteiger partial charge in [0.1, 0.15) is 6.61 Å². The van der Waals surface area contributed by atoms with Gasteiger partial charge in [0.25, 0.3) is 0 Å². The van der Waals surface area contributed by atoms with Gasteiger partial charge in [-0.3, -0.25) is 9.59 Å². The van der Waals surface area contributed by atoms with Crippen molar-refractivity contribution in [1.29, 1.82) is 0 Å². The highest BCUT2D eigenvalue weighted by Gasteiger charge is 2.17. The molecule has 0 aromatic rings. The molecule has 0 saturated carbocycles. The number of allylic oxidation sites excluding steroid dienone is 6. The van der Waals surface area contributed by atoms with Crippen molar-refractivity contribution in [2.24, 2.45) is 0 Å². The van der Waals surface area contributed by atoms with E-state index in [-0.39, 0.29) is 25.2 Å². The van der Waals surface area contributed by atoms with Gasteiger partial charge in [-0.2, -0.15) is 0 Å². The fourth-order valence-corrected chi connectivity index (χ4v) is 6.23. The van der Waals surface area contributed by atoms with E-state index in [0.717, 1.165) is 57.8 Å². The maximum atomic E-state index is 12.7. The fourth-order valence-electron chi connectivity index (χ4n) is 6.23. The van der Waals surface area contributed by atoms with E-state index >= 15 is 0 Å². The third-order valence-corrected chi connectivity index (χ3v) is 9.63. The van der Waals surface area contributed by atoms with E-state index in [2.05, 4.69) is 57.2 Å². The second-order valence-corrected chi connectivity index (χ2v) is 15.0. The Bertz CT molecular complexity index is 832. The molecule has 5 heteroatoms. The Morgan fingerprint density at radius 1 is 0.423 bits per heavy atom. The molecule has 0 fully saturated rings. The quantitative estimate of drug-likeness (QED) is 0.0356. The Morgan fingerprint density at radius 2 is 0.865 bits per heavy atom. The first-order chi connectivity index (χ1) is 25.6. The number of ether oxygens (including phenoxy) is 3. The number of esters is 2. The highest BCUT2D eigenvalue weighted by Crippen LogP contribution is 2.14. The van der Waals surface area contributed by atoms with Crippen LogP contribution in [0.3, 0.4) is 0 Å². The Hall–Kier alpha value is -1.88. The lowest BCUT2D eigenvalue weighted by molar-refractivity contribution is -0.163. The molecular weight excluding hydrogens is 645 g/mol. The van der Waals surface area contributed by atoms with Gasteiger partial charge in [0.2, 0.25) is 0 Å². The number of hydrogen-bond acceptors (Lipinski definition) is 5. The van der Waals surface area contributed by atoms with Crippen LogP contribution in [0.1, 0.15) is 226 Å². The summed E-state index contributed by atoms with van der Waals surface area (Å²) in [7, 11) is 0. The van der Waals surface area contributed by atoms with Crippen LogP contribution in [0.5, 0.6) is 0 Å². The minimum absolute atomic E-state index is 0.0800. The summed E-state index contributed by atoms with van der Waals surface area (Å²) < 4.78 is 17.3. The summed E-state index contributed by atoms with van der Waals surface area (Å²) in [5.74, 6) is -0.409. The van der Waals surface area contributed by atoms with E-state index in [1.54, 1.807) is 0 Å². The van der Waals surface area contributed by atoms with Crippen LogP contribution in [0.15, 0.2) is 36.5 Å². The van der Waals surface area contributed by atoms with E-state index in [4.69, 9.17) is 14.2 Å². The molecule has 0 saturated heterocycles. The molecule has 52 heavy (non-hydrogen) atoms. The molecule has 5 nitrogen and oxygen atoms in total. The van der Waals surface area contributed by atoms with Crippen LogP contribution in [-0.2, 0) is 23.8 Å². The zero-order valence-corrected chi connectivity index (χ0v) is 34.8. The molecule has 0 aliphatic carbocycles. The fraction of sp³-hybridized carbons (Fsp3) is 0.830. The lowest BCUT2D eigenvalue weighted by Crippen LogP contribution is -2.30. The lowest BCUT2D eigenvalue weighted by Gasteiger charge is -2.18. The number of rotatable bonds is 41. The van der Waals surface area contributed by atoms with Crippen LogP contribution in [0.25, 0.3) is 0 Å². The van der Waals surface area contributed by atoms with Crippen molar-refractivity contribution < 1.29 is 23.8 Å². The van der Waals surface area contributed by atoms with Crippen molar-refractivity contribution in [2.45, 2.75) is 232 Å². The number of carbonyl (C=O) groups is 2. The van der Waals surface area contributed by atoms with Crippen LogP contribution in [0.2, 0.25) is 0 Å². The smallest absolute Gasteiger partial charge is 0.306 e. The van der Waals surface area contributed by atoms with Gasteiger partial charge in [-0.05, 0) is 64.2 Å². The first-order valence-electron chi connectivity index (χ1n) is 22.5. The van der Waals surface area contributed by atoms with Crippen LogP contribution in [0.4, 0.5) is 0 Å². The van der Waals surface area contributed by atoms with E-state index in [1.165, 1.54) is 135 Å². The zero-order valence-electron chi connectivity index (χ0n) is 34.8. The summed E-state index contributed by atoms with van der Waals surface area (Å²) in [6, 6.07) is 0. The Morgan fingerprint density at radius 3 is 1.42 bits per heavy atom. The summed E-state index contributed by atoms with van der Waals surface area (Å²) in [5.41, 5.74) is 0. The van der Waals surface area contributed by atoms with Crippen molar-refractivity contribution in [2.75, 3.05) is 19.8 Å². The predicted molar refractivity (Wildman–Crippen MR) is 224 cm³/mol. The molecule has 0 bridgehead atoms. The highest BCUT2D eigenvalue weighted by atomic mass is 16.6. The SMILES string of the molecule is CCC/C=C\C/C=C\CCCCCCCCOCC(COC(=O)CCCCCCC/C=C\CCCC)OC(=O)CCCCCCCCCCCCC. The molecule has 0 radical (unpaired) electrons. The standard InChI is InChI=1S/C47H86O5/c1-4-7-10-13-16-19-22-23-24-27-30-33-36-39-42-50-43-45(52-47(49)41-38-35-32-29-26-21-18-15-12-9-6-3)44-51-46(48)40-37-34-31-28-25-20-17-14-11-8-5-2/h10,13-14,17,19,22,45H,4-9,11-12,15-16,18,20-21,23-44H2,1-3H3/b13-10-,17-14-,22-19-. The summed E-state index contributed by atoms with van der Waals surface area (Å²) in [5, 5.41) is 0. The molecule has 0 heterocycles. The topological polar surface area (TPSA) is 61.8 Å². The van der Waals surface area contributed by atoms with Crippen LogP contribution in [0, 0.1) is 0 Å². The summed E-state index contributed by atoms with van der Waals surface area (Å²) in [4.78, 5) is 25.2. The maximum absolute atomic E-state index is 12.7. The van der Waals surface area contributed by atoms with Crippen LogP contribution >= 0.6 is 0 Å². The molecule has 0 rings (SSSR count). The minimum atomic E-state index is -0.537. The molecule has 0 spiro atoms. The van der Waals surface area contributed by atoms with Crippen molar-refractivity contribution in [3.8, 4) is 0 Å². The second-order valence-electron chi connectivity index (χ2n) is 15.0. The number of hydrogen-bond donors (Lipinski definition) is 0. The zero-order chi connectivity index (χ0) is 37.8. The molecule has 0 N–H and O–H groups in total. The molecule has 1 atom stereocenters. The average Bonchev–Trinajstić information content (AvgIpc) is 3.14. The highest BCUT2D eigenvalue weighted by molar-refractivity contribution is 5.70. The summed E-state index contributed by atoms with van der Waals surface area (Å²) in [6.45, 7) is 7.71. The first-order valence-corrected chi connectivity index (χ1v) is 22.5. The lowest BCUT2D eigenvalue weighted by atomic mass is 10.1. The normalized spacial score (nSPS) is 12.4. The Balaban J connectivity index is 4.26. The number of carbonyl (C=O) groups excluding carboxylic acids is 2. The molecule has 0 amide bonds. The summed E-state index contributed by atoms with van der Waals surface area (Å²) in [6.07, 6.45) is 49.9. The Kier molecular flexibility index (Phi) is 42.0. The van der Waals surface area contributed by atoms with Gasteiger partial charge >= 0.3 is 11.9 Å².